The Morgan fingerprint density at radius 3 is 2.63 bits per heavy atom. The highest BCUT2D eigenvalue weighted by atomic mass is 19.4. The Labute approximate surface area is 168 Å². The number of halogens is 3. The largest absolute Gasteiger partial charge is 0.418 e. The molecule has 4 rings (SSSR count). The smallest absolute Gasteiger partial charge is 0.416 e. The highest BCUT2D eigenvalue weighted by molar-refractivity contribution is 5.84. The first kappa shape index (κ1) is 19.8. The van der Waals surface area contributed by atoms with Gasteiger partial charge in [-0.3, -0.25) is 4.79 Å². The fourth-order valence-corrected chi connectivity index (χ4v) is 3.15. The van der Waals surface area contributed by atoms with Crippen LogP contribution in [0.25, 0.3) is 11.6 Å². The Morgan fingerprint density at radius 2 is 1.97 bits per heavy atom. The highest BCUT2D eigenvalue weighted by Gasteiger charge is 2.36. The van der Waals surface area contributed by atoms with E-state index in [-0.39, 0.29) is 24.4 Å². The molecule has 1 aliphatic heterocycles. The summed E-state index contributed by atoms with van der Waals surface area (Å²) < 4.78 is 43.9. The number of carbonyl (C=O) groups is 1. The molecule has 0 aliphatic carbocycles. The first-order valence-corrected chi connectivity index (χ1v) is 8.99. The van der Waals surface area contributed by atoms with Gasteiger partial charge in [-0.2, -0.15) is 13.2 Å². The predicted octanol–water partition coefficient (Wildman–Crippen LogP) is 3.16. The molecule has 3 aromatic rings. The van der Waals surface area contributed by atoms with Crippen molar-refractivity contribution in [1.82, 2.24) is 20.1 Å². The molecule has 0 saturated carbocycles. The van der Waals surface area contributed by atoms with Gasteiger partial charge in [-0.15, -0.1) is 10.2 Å². The molecule has 2 aromatic heterocycles. The minimum atomic E-state index is -4.42. The van der Waals surface area contributed by atoms with Gasteiger partial charge < -0.3 is 19.7 Å². The number of carbonyl (C=O) groups excluding carboxylic acids is 1. The summed E-state index contributed by atoms with van der Waals surface area (Å²) in [6.45, 7) is 0.0137. The van der Waals surface area contributed by atoms with Crippen LogP contribution < -0.4 is 5.32 Å². The fourth-order valence-electron chi connectivity index (χ4n) is 3.15. The summed E-state index contributed by atoms with van der Waals surface area (Å²) >= 11 is 0. The summed E-state index contributed by atoms with van der Waals surface area (Å²) in [7, 11) is 0. The normalized spacial score (nSPS) is 16.9. The predicted molar refractivity (Wildman–Crippen MR) is 98.4 cm³/mol. The maximum Gasteiger partial charge on any atom is 0.416 e. The summed E-state index contributed by atoms with van der Waals surface area (Å²) in [5.41, 5.74) is 0.406. The van der Waals surface area contributed by atoms with Gasteiger partial charge in [0.15, 0.2) is 5.69 Å². The van der Waals surface area contributed by atoms with Crippen molar-refractivity contribution in [2.75, 3.05) is 18.6 Å². The van der Waals surface area contributed by atoms with Crippen LogP contribution in [0.1, 0.15) is 23.8 Å². The number of hydrogen-bond donors (Lipinski definition) is 2. The zero-order chi connectivity index (χ0) is 21.3. The molecule has 1 aromatic carbocycles. The molecule has 30 heavy (non-hydrogen) atoms. The molecule has 1 unspecified atom stereocenters. The van der Waals surface area contributed by atoms with Crippen molar-refractivity contribution in [3.05, 3.63) is 54.0 Å². The van der Waals surface area contributed by atoms with Crippen molar-refractivity contribution in [3.63, 3.8) is 0 Å². The molecule has 1 fully saturated rings. The van der Waals surface area contributed by atoms with E-state index in [0.717, 1.165) is 12.1 Å². The second-order valence-corrected chi connectivity index (χ2v) is 6.63. The zero-order valence-electron chi connectivity index (χ0n) is 15.4. The summed E-state index contributed by atoms with van der Waals surface area (Å²) in [4.78, 5) is 17.7. The molecule has 0 spiro atoms. The standard InChI is InChI=1S/C19H16F3N5O3/c20-19(21,22)11-3-5-12(6-4-11)24-14-2-1-8-23-15(14)17-26-25-16(30-17)13-7-9-27(10-28)18(13)29/h1-6,8,13,24,28H,7,9-10H2. The molecule has 3 heterocycles. The number of hydrogen-bond acceptors (Lipinski definition) is 7. The van der Waals surface area contributed by atoms with Gasteiger partial charge in [0, 0.05) is 18.4 Å². The summed E-state index contributed by atoms with van der Waals surface area (Å²) in [6.07, 6.45) is -2.47. The monoisotopic (exact) mass is 419 g/mol. The maximum atomic E-state index is 12.7. The number of pyridine rings is 1. The summed E-state index contributed by atoms with van der Waals surface area (Å²) in [5, 5.41) is 20.1. The molecule has 1 atom stereocenters. The van der Waals surface area contributed by atoms with Crippen LogP contribution >= 0.6 is 0 Å². The number of likely N-dealkylation sites (tertiary alicyclic amines) is 1. The fraction of sp³-hybridized carbons (Fsp3) is 0.263. The van der Waals surface area contributed by atoms with Crippen LogP contribution in [0.3, 0.4) is 0 Å². The second kappa shape index (κ2) is 7.75. The van der Waals surface area contributed by atoms with E-state index in [1.165, 1.54) is 23.2 Å². The van der Waals surface area contributed by atoms with Gasteiger partial charge in [0.1, 0.15) is 12.6 Å². The second-order valence-electron chi connectivity index (χ2n) is 6.63. The lowest BCUT2D eigenvalue weighted by Crippen LogP contribution is -2.27. The third-order valence-corrected chi connectivity index (χ3v) is 4.71. The van der Waals surface area contributed by atoms with E-state index >= 15 is 0 Å². The molecule has 1 saturated heterocycles. The summed E-state index contributed by atoms with van der Waals surface area (Å²) in [5.74, 6) is -0.738. The van der Waals surface area contributed by atoms with Crippen molar-refractivity contribution in [3.8, 4) is 11.6 Å². The van der Waals surface area contributed by atoms with Crippen LogP contribution in [0.5, 0.6) is 0 Å². The number of aromatic nitrogens is 3. The van der Waals surface area contributed by atoms with E-state index in [1.807, 2.05) is 0 Å². The molecule has 2 N–H and O–H groups in total. The molecule has 0 bridgehead atoms. The van der Waals surface area contributed by atoms with E-state index in [1.54, 1.807) is 12.1 Å². The molecule has 11 heteroatoms. The third-order valence-electron chi connectivity index (χ3n) is 4.71. The van der Waals surface area contributed by atoms with Gasteiger partial charge in [0.25, 0.3) is 5.89 Å². The molecular formula is C19H16F3N5O3. The van der Waals surface area contributed by atoms with Crippen LogP contribution in [0, 0.1) is 0 Å². The number of rotatable bonds is 5. The molecule has 1 aliphatic rings. The molecule has 156 valence electrons. The number of benzene rings is 1. The van der Waals surface area contributed by atoms with Crippen LogP contribution in [-0.4, -0.2) is 44.4 Å². The van der Waals surface area contributed by atoms with Crippen LogP contribution in [-0.2, 0) is 11.0 Å². The van der Waals surface area contributed by atoms with Gasteiger partial charge in [-0.1, -0.05) is 0 Å². The number of anilines is 2. The van der Waals surface area contributed by atoms with Crippen LogP contribution in [0.4, 0.5) is 24.5 Å². The van der Waals surface area contributed by atoms with Gasteiger partial charge >= 0.3 is 6.18 Å². The van der Waals surface area contributed by atoms with Gasteiger partial charge in [0.2, 0.25) is 11.8 Å². The van der Waals surface area contributed by atoms with Crippen molar-refractivity contribution in [2.24, 2.45) is 0 Å². The van der Waals surface area contributed by atoms with Gasteiger partial charge in [-0.05, 0) is 42.8 Å². The number of amides is 1. The number of nitrogens with one attached hydrogen (secondary N) is 1. The Kier molecular flexibility index (Phi) is 5.12. The molecule has 0 radical (unpaired) electrons. The van der Waals surface area contributed by atoms with E-state index in [0.29, 0.717) is 30.0 Å². The zero-order valence-corrected chi connectivity index (χ0v) is 15.4. The first-order valence-electron chi connectivity index (χ1n) is 8.99. The average Bonchev–Trinajstić information content (AvgIpc) is 3.34. The lowest BCUT2D eigenvalue weighted by Gasteiger charge is -2.11. The number of nitrogens with zero attached hydrogens (tertiary/aromatic N) is 4. The molecule has 8 nitrogen and oxygen atoms in total. The van der Waals surface area contributed by atoms with E-state index in [9.17, 15) is 23.1 Å². The first-order chi connectivity index (χ1) is 14.4. The summed E-state index contributed by atoms with van der Waals surface area (Å²) in [6, 6.07) is 7.87. The Hall–Kier alpha value is -3.47. The maximum absolute atomic E-state index is 12.7. The highest BCUT2D eigenvalue weighted by Crippen LogP contribution is 2.33. The quantitative estimate of drug-likeness (QED) is 0.655. The number of alkyl halides is 3. The third kappa shape index (κ3) is 3.83. The Balaban J connectivity index is 1.57. The van der Waals surface area contributed by atoms with Crippen LogP contribution in [0.2, 0.25) is 0 Å². The minimum Gasteiger partial charge on any atom is -0.418 e. The van der Waals surface area contributed by atoms with Crippen molar-refractivity contribution in [2.45, 2.75) is 18.5 Å². The Bertz CT molecular complexity index is 1050. The van der Waals surface area contributed by atoms with E-state index in [2.05, 4.69) is 20.5 Å². The topological polar surface area (TPSA) is 104 Å². The van der Waals surface area contributed by atoms with Crippen molar-refractivity contribution >= 4 is 17.3 Å². The lowest BCUT2D eigenvalue weighted by molar-refractivity contribution is -0.137. The van der Waals surface area contributed by atoms with Gasteiger partial charge in [-0.25, -0.2) is 4.98 Å². The van der Waals surface area contributed by atoms with Crippen molar-refractivity contribution < 1.29 is 27.5 Å². The molecule has 1 amide bonds. The van der Waals surface area contributed by atoms with Gasteiger partial charge in [0.05, 0.1) is 11.3 Å². The molecular weight excluding hydrogens is 403 g/mol. The number of aliphatic hydroxyl groups excluding tert-OH is 1. The van der Waals surface area contributed by atoms with E-state index < -0.39 is 17.7 Å². The van der Waals surface area contributed by atoms with Crippen LogP contribution in [0.15, 0.2) is 47.0 Å². The lowest BCUT2D eigenvalue weighted by atomic mass is 10.1. The van der Waals surface area contributed by atoms with E-state index in [4.69, 9.17) is 4.42 Å². The Morgan fingerprint density at radius 1 is 1.20 bits per heavy atom. The van der Waals surface area contributed by atoms with Crippen molar-refractivity contribution in [1.29, 1.82) is 0 Å². The number of aliphatic hydroxyl groups is 1. The minimum absolute atomic E-state index is 0.0651. The SMILES string of the molecule is O=C1C(c2nnc(-c3ncccc3Nc3ccc(C(F)(F)F)cc3)o2)CCN1CO. The average molecular weight is 419 g/mol.